The van der Waals surface area contributed by atoms with Crippen molar-refractivity contribution in [2.24, 2.45) is 5.73 Å². The van der Waals surface area contributed by atoms with Crippen LogP contribution < -0.4 is 11.1 Å². The van der Waals surface area contributed by atoms with Crippen molar-refractivity contribution in [2.45, 2.75) is 43.9 Å². The number of nitrogens with one attached hydrogen (secondary N) is 1. The first-order chi connectivity index (χ1) is 8.86. The molecule has 1 aromatic carbocycles. The van der Waals surface area contributed by atoms with Crippen molar-refractivity contribution >= 4 is 21.6 Å². The van der Waals surface area contributed by atoms with Crippen LogP contribution in [0.3, 0.4) is 0 Å². The fourth-order valence-corrected chi connectivity index (χ4v) is 2.75. The molecule has 1 fully saturated rings. The van der Waals surface area contributed by atoms with E-state index in [0.717, 1.165) is 37.8 Å². The van der Waals surface area contributed by atoms with Crippen molar-refractivity contribution in [3.05, 3.63) is 28.2 Å². The third kappa shape index (κ3) is 3.86. The molecule has 2 rings (SSSR count). The van der Waals surface area contributed by atoms with Gasteiger partial charge in [-0.25, -0.2) is 0 Å². The molecule has 6 heteroatoms. The van der Waals surface area contributed by atoms with Crippen LogP contribution in [0.2, 0.25) is 0 Å². The molecule has 1 aromatic rings. The Kier molecular flexibility index (Phi) is 4.40. The lowest BCUT2D eigenvalue weighted by Gasteiger charge is -2.28. The summed E-state index contributed by atoms with van der Waals surface area (Å²) in [4.78, 5) is 0. The Hall–Kier alpha value is -0.750. The molecule has 2 atom stereocenters. The highest BCUT2D eigenvalue weighted by Crippen LogP contribution is 2.35. The number of alkyl halides is 3. The maximum absolute atomic E-state index is 12.7. The van der Waals surface area contributed by atoms with E-state index in [9.17, 15) is 13.2 Å². The lowest BCUT2D eigenvalue weighted by molar-refractivity contribution is -0.137. The van der Waals surface area contributed by atoms with Crippen molar-refractivity contribution in [1.29, 1.82) is 0 Å². The van der Waals surface area contributed by atoms with Crippen LogP contribution in [0.1, 0.15) is 31.2 Å². The van der Waals surface area contributed by atoms with E-state index in [1.165, 1.54) is 6.07 Å². The van der Waals surface area contributed by atoms with Gasteiger partial charge in [0, 0.05) is 22.2 Å². The third-order valence-electron chi connectivity index (χ3n) is 3.37. The van der Waals surface area contributed by atoms with Gasteiger partial charge in [-0.15, -0.1) is 0 Å². The number of rotatable bonds is 2. The van der Waals surface area contributed by atoms with E-state index in [0.29, 0.717) is 10.2 Å². The zero-order valence-electron chi connectivity index (χ0n) is 10.3. The molecule has 0 bridgehead atoms. The van der Waals surface area contributed by atoms with Crippen LogP contribution in [0.15, 0.2) is 22.7 Å². The van der Waals surface area contributed by atoms with Crippen molar-refractivity contribution < 1.29 is 13.2 Å². The van der Waals surface area contributed by atoms with Gasteiger partial charge < -0.3 is 11.1 Å². The molecule has 0 aliphatic heterocycles. The molecule has 0 saturated heterocycles. The summed E-state index contributed by atoms with van der Waals surface area (Å²) in [5.41, 5.74) is 5.72. The van der Waals surface area contributed by atoms with Gasteiger partial charge in [-0.1, -0.05) is 0 Å². The van der Waals surface area contributed by atoms with Crippen molar-refractivity contribution in [3.8, 4) is 0 Å². The van der Waals surface area contributed by atoms with Crippen molar-refractivity contribution in [3.63, 3.8) is 0 Å². The highest BCUT2D eigenvalue weighted by molar-refractivity contribution is 9.10. The Bertz CT molecular complexity index is 448. The summed E-state index contributed by atoms with van der Waals surface area (Å²) in [6, 6.07) is 3.92. The summed E-state index contributed by atoms with van der Waals surface area (Å²) in [6.07, 6.45) is -0.587. The molecule has 106 valence electrons. The first-order valence-electron chi connectivity index (χ1n) is 6.25. The highest BCUT2D eigenvalue weighted by Gasteiger charge is 2.31. The molecule has 0 aromatic heterocycles. The normalized spacial score (nSPS) is 24.3. The third-order valence-corrected chi connectivity index (χ3v) is 4.06. The summed E-state index contributed by atoms with van der Waals surface area (Å²) in [6.45, 7) is 0. The summed E-state index contributed by atoms with van der Waals surface area (Å²) in [5, 5.41) is 3.17. The maximum Gasteiger partial charge on any atom is 0.416 e. The van der Waals surface area contributed by atoms with Gasteiger partial charge in [0.1, 0.15) is 0 Å². The summed E-state index contributed by atoms with van der Waals surface area (Å²) >= 11 is 3.28. The van der Waals surface area contributed by atoms with Crippen molar-refractivity contribution in [2.75, 3.05) is 5.32 Å². The van der Waals surface area contributed by atoms with E-state index in [4.69, 9.17) is 5.73 Å². The Labute approximate surface area is 118 Å². The largest absolute Gasteiger partial charge is 0.416 e. The van der Waals surface area contributed by atoms with Gasteiger partial charge in [-0.3, -0.25) is 0 Å². The molecule has 0 radical (unpaired) electrons. The van der Waals surface area contributed by atoms with Crippen LogP contribution >= 0.6 is 15.9 Å². The van der Waals surface area contributed by atoms with E-state index >= 15 is 0 Å². The SMILES string of the molecule is NC1CCCC(Nc2cc(C(F)(F)F)ccc2Br)C1. The van der Waals surface area contributed by atoms with Gasteiger partial charge in [0.25, 0.3) is 0 Å². The summed E-state index contributed by atoms with van der Waals surface area (Å²) in [7, 11) is 0. The van der Waals surface area contributed by atoms with Gasteiger partial charge in [0.2, 0.25) is 0 Å². The number of hydrogen-bond donors (Lipinski definition) is 2. The van der Waals surface area contributed by atoms with Crippen LogP contribution in [-0.2, 0) is 6.18 Å². The van der Waals surface area contributed by atoms with Crippen LogP contribution in [0, 0.1) is 0 Å². The Balaban J connectivity index is 2.15. The monoisotopic (exact) mass is 336 g/mol. The lowest BCUT2D eigenvalue weighted by atomic mass is 9.91. The topological polar surface area (TPSA) is 38.0 Å². The van der Waals surface area contributed by atoms with E-state index in [2.05, 4.69) is 21.2 Å². The molecule has 0 heterocycles. The maximum atomic E-state index is 12.7. The second-order valence-corrected chi connectivity index (χ2v) is 5.81. The fourth-order valence-electron chi connectivity index (χ4n) is 2.39. The second-order valence-electron chi connectivity index (χ2n) is 4.96. The summed E-state index contributed by atoms with van der Waals surface area (Å²) in [5.74, 6) is 0. The quantitative estimate of drug-likeness (QED) is 0.851. The second kappa shape index (κ2) is 5.71. The average molecular weight is 337 g/mol. The smallest absolute Gasteiger partial charge is 0.381 e. The molecule has 1 saturated carbocycles. The van der Waals surface area contributed by atoms with E-state index in [1.807, 2.05) is 0 Å². The van der Waals surface area contributed by atoms with E-state index in [1.54, 1.807) is 0 Å². The van der Waals surface area contributed by atoms with E-state index in [-0.39, 0.29) is 12.1 Å². The lowest BCUT2D eigenvalue weighted by Crippen LogP contribution is -2.35. The van der Waals surface area contributed by atoms with Gasteiger partial charge in [-0.05, 0) is 59.8 Å². The van der Waals surface area contributed by atoms with Gasteiger partial charge >= 0.3 is 6.18 Å². The number of hydrogen-bond acceptors (Lipinski definition) is 2. The number of anilines is 1. The molecule has 0 amide bonds. The fraction of sp³-hybridized carbons (Fsp3) is 0.538. The predicted octanol–water partition coefficient (Wildman–Crippen LogP) is 4.15. The van der Waals surface area contributed by atoms with Crippen LogP contribution in [-0.4, -0.2) is 12.1 Å². The zero-order valence-corrected chi connectivity index (χ0v) is 11.9. The molecule has 1 aliphatic carbocycles. The molecule has 3 N–H and O–H groups in total. The Morgan fingerprint density at radius 1 is 1.26 bits per heavy atom. The first-order valence-corrected chi connectivity index (χ1v) is 7.04. The van der Waals surface area contributed by atoms with Gasteiger partial charge in [0.05, 0.1) is 5.56 Å². The molecular formula is C13H16BrF3N2. The minimum absolute atomic E-state index is 0.135. The van der Waals surface area contributed by atoms with Crippen LogP contribution in [0.5, 0.6) is 0 Å². The minimum atomic E-state index is -4.32. The molecule has 19 heavy (non-hydrogen) atoms. The van der Waals surface area contributed by atoms with E-state index < -0.39 is 11.7 Å². The number of nitrogens with two attached hydrogens (primary N) is 1. The van der Waals surface area contributed by atoms with Crippen LogP contribution in [0.25, 0.3) is 0 Å². The molecular weight excluding hydrogens is 321 g/mol. The van der Waals surface area contributed by atoms with Crippen LogP contribution in [0.4, 0.5) is 18.9 Å². The molecule has 1 aliphatic rings. The Morgan fingerprint density at radius 3 is 2.63 bits per heavy atom. The number of benzene rings is 1. The first kappa shape index (κ1) is 14.7. The average Bonchev–Trinajstić information content (AvgIpc) is 2.30. The van der Waals surface area contributed by atoms with Gasteiger partial charge in [-0.2, -0.15) is 13.2 Å². The minimum Gasteiger partial charge on any atom is -0.381 e. The predicted molar refractivity (Wildman–Crippen MR) is 73.0 cm³/mol. The zero-order chi connectivity index (χ0) is 14.0. The molecule has 0 spiro atoms. The standard InChI is InChI=1S/C13H16BrF3N2/c14-11-5-4-8(13(15,16)17)6-12(11)19-10-3-1-2-9(18)7-10/h4-6,9-10,19H,1-3,7,18H2. The molecule has 2 unspecified atom stereocenters. The molecule has 2 nitrogen and oxygen atoms in total. The van der Waals surface area contributed by atoms with Gasteiger partial charge in [0.15, 0.2) is 0 Å². The number of halogens is 4. The highest BCUT2D eigenvalue weighted by atomic mass is 79.9. The Morgan fingerprint density at radius 2 is 2.00 bits per heavy atom. The summed E-state index contributed by atoms with van der Waals surface area (Å²) < 4.78 is 38.7. The van der Waals surface area contributed by atoms with Crippen molar-refractivity contribution in [1.82, 2.24) is 0 Å².